The van der Waals surface area contributed by atoms with Crippen molar-refractivity contribution in [2.24, 2.45) is 0 Å². The molecule has 1 aliphatic rings. The third kappa shape index (κ3) is 6.04. The number of carbonyl (C=O) groups is 1. The number of ether oxygens (including phenoxy) is 1. The van der Waals surface area contributed by atoms with E-state index in [9.17, 15) is 9.90 Å². The highest BCUT2D eigenvalue weighted by molar-refractivity contribution is 5.75. The average molecular weight is 397 g/mol. The van der Waals surface area contributed by atoms with Gasteiger partial charge in [0.1, 0.15) is 11.8 Å². The Bertz CT molecular complexity index is 759. The fourth-order valence-corrected chi connectivity index (χ4v) is 3.91. The van der Waals surface area contributed by atoms with E-state index in [1.807, 2.05) is 42.6 Å². The van der Waals surface area contributed by atoms with Crippen LogP contribution in [0, 0.1) is 0 Å². The molecule has 29 heavy (non-hydrogen) atoms. The highest BCUT2D eigenvalue weighted by Crippen LogP contribution is 2.29. The standard InChI is InChI=1S/C24H32N2O3/c1-2-3-4-5-6-7-16-29-20-11-8-18(9-12-20)22-13-10-19(17-26-22)21-14-15-25-23(21)24(27)28/h8-13,17,21,23,25H,2-7,14-16H2,1H3,(H,27,28)/t21?,23-/m0/s1. The van der Waals surface area contributed by atoms with Gasteiger partial charge in [0.25, 0.3) is 0 Å². The molecule has 0 amide bonds. The zero-order valence-corrected chi connectivity index (χ0v) is 17.3. The summed E-state index contributed by atoms with van der Waals surface area (Å²) in [6, 6.07) is 11.5. The van der Waals surface area contributed by atoms with Crippen molar-refractivity contribution in [1.29, 1.82) is 0 Å². The van der Waals surface area contributed by atoms with Crippen molar-refractivity contribution >= 4 is 5.97 Å². The number of pyridine rings is 1. The molecule has 1 fully saturated rings. The fraction of sp³-hybridized carbons (Fsp3) is 0.500. The fourth-order valence-electron chi connectivity index (χ4n) is 3.91. The van der Waals surface area contributed by atoms with E-state index in [0.29, 0.717) is 0 Å². The lowest BCUT2D eigenvalue weighted by molar-refractivity contribution is -0.139. The van der Waals surface area contributed by atoms with Crippen LogP contribution in [-0.4, -0.2) is 35.3 Å². The van der Waals surface area contributed by atoms with Gasteiger partial charge < -0.3 is 15.2 Å². The Hall–Kier alpha value is -2.40. The Labute approximate surface area is 173 Å². The van der Waals surface area contributed by atoms with Crippen LogP contribution in [0.2, 0.25) is 0 Å². The van der Waals surface area contributed by atoms with Crippen LogP contribution in [0.1, 0.15) is 63.4 Å². The smallest absolute Gasteiger partial charge is 0.321 e. The average Bonchev–Trinajstić information content (AvgIpc) is 3.24. The Morgan fingerprint density at radius 2 is 1.86 bits per heavy atom. The quantitative estimate of drug-likeness (QED) is 0.522. The van der Waals surface area contributed by atoms with E-state index in [2.05, 4.69) is 17.2 Å². The van der Waals surface area contributed by atoms with Crippen LogP contribution in [-0.2, 0) is 4.79 Å². The Morgan fingerprint density at radius 3 is 2.55 bits per heavy atom. The first-order valence-electron chi connectivity index (χ1n) is 10.8. The predicted octanol–water partition coefficient (Wildman–Crippen LogP) is 5.02. The highest BCUT2D eigenvalue weighted by Gasteiger charge is 2.33. The minimum Gasteiger partial charge on any atom is -0.494 e. The van der Waals surface area contributed by atoms with Crippen LogP contribution in [0.15, 0.2) is 42.6 Å². The minimum absolute atomic E-state index is 0.0215. The summed E-state index contributed by atoms with van der Waals surface area (Å²) >= 11 is 0. The number of aliphatic carboxylic acids is 1. The van der Waals surface area contributed by atoms with E-state index in [1.54, 1.807) is 0 Å². The molecule has 156 valence electrons. The molecule has 0 bridgehead atoms. The van der Waals surface area contributed by atoms with Gasteiger partial charge in [-0.2, -0.15) is 0 Å². The zero-order valence-electron chi connectivity index (χ0n) is 17.3. The maximum atomic E-state index is 11.4. The van der Waals surface area contributed by atoms with E-state index < -0.39 is 12.0 Å². The number of carboxylic acid groups (broad SMARTS) is 1. The van der Waals surface area contributed by atoms with E-state index in [4.69, 9.17) is 4.74 Å². The van der Waals surface area contributed by atoms with Crippen LogP contribution >= 0.6 is 0 Å². The van der Waals surface area contributed by atoms with E-state index in [-0.39, 0.29) is 5.92 Å². The van der Waals surface area contributed by atoms with Gasteiger partial charge in [-0.25, -0.2) is 0 Å². The summed E-state index contributed by atoms with van der Waals surface area (Å²) in [5, 5.41) is 12.4. The molecule has 1 aromatic heterocycles. The van der Waals surface area contributed by atoms with Crippen LogP contribution in [0.25, 0.3) is 11.3 Å². The summed E-state index contributed by atoms with van der Waals surface area (Å²) in [5.74, 6) is 0.0696. The molecule has 1 aromatic carbocycles. The second-order valence-corrected chi connectivity index (χ2v) is 7.78. The minimum atomic E-state index is -0.798. The van der Waals surface area contributed by atoms with E-state index >= 15 is 0 Å². The first-order chi connectivity index (χ1) is 14.2. The molecular formula is C24H32N2O3. The Kier molecular flexibility index (Phi) is 8.05. The lowest BCUT2D eigenvalue weighted by atomic mass is 9.93. The second-order valence-electron chi connectivity index (χ2n) is 7.78. The molecular weight excluding hydrogens is 364 g/mol. The Morgan fingerprint density at radius 1 is 1.10 bits per heavy atom. The molecule has 3 rings (SSSR count). The maximum absolute atomic E-state index is 11.4. The van der Waals surface area contributed by atoms with Crippen LogP contribution in [0.4, 0.5) is 0 Å². The lowest BCUT2D eigenvalue weighted by Crippen LogP contribution is -2.34. The first kappa shape index (κ1) is 21.3. The number of unbranched alkanes of at least 4 members (excludes halogenated alkanes) is 5. The number of benzene rings is 1. The predicted molar refractivity (Wildman–Crippen MR) is 115 cm³/mol. The molecule has 5 nitrogen and oxygen atoms in total. The Balaban J connectivity index is 1.50. The molecule has 1 saturated heterocycles. The molecule has 0 radical (unpaired) electrons. The van der Waals surface area contributed by atoms with Crippen LogP contribution in [0.3, 0.4) is 0 Å². The van der Waals surface area contributed by atoms with Crippen molar-refractivity contribution < 1.29 is 14.6 Å². The first-order valence-corrected chi connectivity index (χ1v) is 10.8. The van der Waals surface area contributed by atoms with Gasteiger partial charge in [-0.15, -0.1) is 0 Å². The molecule has 5 heteroatoms. The van der Waals surface area contributed by atoms with Gasteiger partial charge in [0, 0.05) is 17.7 Å². The highest BCUT2D eigenvalue weighted by atomic mass is 16.5. The number of nitrogens with zero attached hydrogens (tertiary/aromatic N) is 1. The van der Waals surface area contributed by atoms with Gasteiger partial charge >= 0.3 is 5.97 Å². The number of rotatable bonds is 11. The maximum Gasteiger partial charge on any atom is 0.321 e. The summed E-state index contributed by atoms with van der Waals surface area (Å²) in [5.41, 5.74) is 2.89. The van der Waals surface area contributed by atoms with Gasteiger partial charge in [0.2, 0.25) is 0 Å². The van der Waals surface area contributed by atoms with E-state index in [0.717, 1.165) is 48.6 Å². The van der Waals surface area contributed by atoms with Crippen LogP contribution in [0.5, 0.6) is 5.75 Å². The molecule has 0 aliphatic carbocycles. The zero-order chi connectivity index (χ0) is 20.5. The summed E-state index contributed by atoms with van der Waals surface area (Å²) in [7, 11) is 0. The summed E-state index contributed by atoms with van der Waals surface area (Å²) in [4.78, 5) is 15.9. The van der Waals surface area contributed by atoms with Gasteiger partial charge in [-0.05, 0) is 55.3 Å². The van der Waals surface area contributed by atoms with Crippen molar-refractivity contribution in [3.05, 3.63) is 48.2 Å². The van der Waals surface area contributed by atoms with Gasteiger partial charge in [-0.1, -0.05) is 45.1 Å². The molecule has 1 unspecified atom stereocenters. The topological polar surface area (TPSA) is 71.5 Å². The van der Waals surface area contributed by atoms with Crippen molar-refractivity contribution in [2.45, 2.75) is 63.8 Å². The van der Waals surface area contributed by atoms with Crippen molar-refractivity contribution in [3.8, 4) is 17.0 Å². The summed E-state index contributed by atoms with van der Waals surface area (Å²) in [6.07, 6.45) is 10.2. The molecule has 2 aromatic rings. The number of nitrogens with one attached hydrogen (secondary N) is 1. The largest absolute Gasteiger partial charge is 0.494 e. The van der Waals surface area contributed by atoms with Gasteiger partial charge in [-0.3, -0.25) is 9.78 Å². The van der Waals surface area contributed by atoms with Gasteiger partial charge in [0.15, 0.2) is 0 Å². The monoisotopic (exact) mass is 396 g/mol. The number of carboxylic acids is 1. The summed E-state index contributed by atoms with van der Waals surface area (Å²) in [6.45, 7) is 3.72. The van der Waals surface area contributed by atoms with Crippen molar-refractivity contribution in [1.82, 2.24) is 10.3 Å². The molecule has 2 heterocycles. The van der Waals surface area contributed by atoms with Crippen LogP contribution < -0.4 is 10.1 Å². The summed E-state index contributed by atoms with van der Waals surface area (Å²) < 4.78 is 5.84. The third-order valence-electron chi connectivity index (χ3n) is 5.62. The number of aromatic nitrogens is 1. The SMILES string of the molecule is CCCCCCCCOc1ccc(-c2ccc(C3CCN[C@@H]3C(=O)O)cn2)cc1. The molecule has 2 atom stereocenters. The molecule has 2 N–H and O–H groups in total. The van der Waals surface area contributed by atoms with Crippen molar-refractivity contribution in [2.75, 3.05) is 13.2 Å². The normalized spacial score (nSPS) is 18.7. The molecule has 0 saturated carbocycles. The number of hydrogen-bond donors (Lipinski definition) is 2. The van der Waals surface area contributed by atoms with Gasteiger partial charge in [0.05, 0.1) is 12.3 Å². The molecule has 0 spiro atoms. The lowest BCUT2D eigenvalue weighted by Gasteiger charge is -2.15. The van der Waals surface area contributed by atoms with E-state index in [1.165, 1.54) is 32.1 Å². The number of hydrogen-bond acceptors (Lipinski definition) is 4. The van der Waals surface area contributed by atoms with Crippen molar-refractivity contribution in [3.63, 3.8) is 0 Å². The second kappa shape index (κ2) is 11.0. The third-order valence-corrected chi connectivity index (χ3v) is 5.62. The molecule has 1 aliphatic heterocycles.